The van der Waals surface area contributed by atoms with Crippen molar-refractivity contribution in [2.24, 2.45) is 0 Å². The molecular formula is C13H15BrO3. The number of aliphatic carboxylic acids is 1. The van der Waals surface area contributed by atoms with Crippen LogP contribution in [0.2, 0.25) is 0 Å². The first-order valence-electron chi connectivity index (χ1n) is 5.73. The summed E-state index contributed by atoms with van der Waals surface area (Å²) in [6.45, 7) is 0. The summed E-state index contributed by atoms with van der Waals surface area (Å²) in [4.78, 5) is 11.4. The van der Waals surface area contributed by atoms with Gasteiger partial charge in [-0.2, -0.15) is 0 Å². The molecule has 1 aliphatic rings. The van der Waals surface area contributed by atoms with Gasteiger partial charge in [0.05, 0.1) is 5.60 Å². The lowest BCUT2D eigenvalue weighted by Gasteiger charge is -2.29. The molecule has 1 aromatic carbocycles. The number of carbonyl (C=O) groups is 1. The zero-order valence-electron chi connectivity index (χ0n) is 9.40. The van der Waals surface area contributed by atoms with Gasteiger partial charge in [-0.3, -0.25) is 4.79 Å². The van der Waals surface area contributed by atoms with Crippen molar-refractivity contribution in [3.8, 4) is 0 Å². The molecule has 0 bridgehead atoms. The smallest absolute Gasteiger partial charge is 0.313 e. The van der Waals surface area contributed by atoms with Crippen molar-refractivity contribution in [3.63, 3.8) is 0 Å². The van der Waals surface area contributed by atoms with Gasteiger partial charge >= 0.3 is 5.97 Å². The van der Waals surface area contributed by atoms with Crippen LogP contribution in [0, 0.1) is 0 Å². The second-order valence-electron chi connectivity index (χ2n) is 4.64. The lowest BCUT2D eigenvalue weighted by molar-refractivity contribution is -0.145. The van der Waals surface area contributed by atoms with Crippen molar-refractivity contribution in [1.29, 1.82) is 0 Å². The van der Waals surface area contributed by atoms with Crippen molar-refractivity contribution < 1.29 is 15.0 Å². The average molecular weight is 299 g/mol. The molecule has 0 aliphatic heterocycles. The van der Waals surface area contributed by atoms with Crippen LogP contribution in [0.4, 0.5) is 0 Å². The minimum absolute atomic E-state index is 0.566. The molecule has 0 heterocycles. The van der Waals surface area contributed by atoms with Gasteiger partial charge in [-0.25, -0.2) is 0 Å². The Bertz CT molecular complexity index is 424. The van der Waals surface area contributed by atoms with Gasteiger partial charge in [0.15, 0.2) is 0 Å². The molecule has 1 atom stereocenters. The van der Waals surface area contributed by atoms with Gasteiger partial charge < -0.3 is 10.2 Å². The molecule has 4 heteroatoms. The van der Waals surface area contributed by atoms with Gasteiger partial charge in [0, 0.05) is 4.47 Å². The van der Waals surface area contributed by atoms with E-state index in [9.17, 15) is 15.0 Å². The molecule has 92 valence electrons. The quantitative estimate of drug-likeness (QED) is 0.902. The molecule has 0 amide bonds. The van der Waals surface area contributed by atoms with Gasteiger partial charge in [0.25, 0.3) is 0 Å². The largest absolute Gasteiger partial charge is 0.481 e. The van der Waals surface area contributed by atoms with E-state index in [1.165, 1.54) is 0 Å². The Balaban J connectivity index is 2.39. The molecule has 0 aromatic heterocycles. The van der Waals surface area contributed by atoms with E-state index in [1.54, 1.807) is 18.2 Å². The molecule has 1 aliphatic carbocycles. The fourth-order valence-electron chi connectivity index (χ4n) is 2.64. The fraction of sp³-hybridized carbons (Fsp3) is 0.462. The highest BCUT2D eigenvalue weighted by molar-refractivity contribution is 9.10. The molecule has 17 heavy (non-hydrogen) atoms. The Morgan fingerprint density at radius 1 is 1.35 bits per heavy atom. The molecule has 0 radical (unpaired) electrons. The zero-order valence-corrected chi connectivity index (χ0v) is 11.0. The molecular weight excluding hydrogens is 284 g/mol. The van der Waals surface area contributed by atoms with E-state index < -0.39 is 17.5 Å². The molecule has 3 nitrogen and oxygen atoms in total. The Morgan fingerprint density at radius 2 is 2.00 bits per heavy atom. The third-order valence-corrected chi connectivity index (χ3v) is 3.93. The molecule has 0 saturated heterocycles. The maximum Gasteiger partial charge on any atom is 0.313 e. The predicted octanol–water partition coefficient (Wildman–Crippen LogP) is 2.92. The Morgan fingerprint density at radius 3 is 2.53 bits per heavy atom. The van der Waals surface area contributed by atoms with Gasteiger partial charge in [-0.05, 0) is 30.5 Å². The van der Waals surface area contributed by atoms with Crippen LogP contribution in [0.1, 0.15) is 37.2 Å². The molecule has 1 saturated carbocycles. The van der Waals surface area contributed by atoms with E-state index in [4.69, 9.17) is 0 Å². The van der Waals surface area contributed by atoms with Crippen LogP contribution in [0.3, 0.4) is 0 Å². The summed E-state index contributed by atoms with van der Waals surface area (Å²) < 4.78 is 0.836. The average Bonchev–Trinajstić information content (AvgIpc) is 2.65. The fourth-order valence-corrected chi connectivity index (χ4v) is 3.06. The molecule has 2 N–H and O–H groups in total. The summed E-state index contributed by atoms with van der Waals surface area (Å²) in [6, 6.07) is 7.18. The van der Waals surface area contributed by atoms with Gasteiger partial charge in [-0.1, -0.05) is 40.9 Å². The molecule has 0 spiro atoms. The first-order chi connectivity index (χ1) is 8.03. The number of hydrogen-bond acceptors (Lipinski definition) is 2. The third kappa shape index (κ3) is 2.53. The van der Waals surface area contributed by atoms with E-state index in [-0.39, 0.29) is 0 Å². The van der Waals surface area contributed by atoms with Crippen LogP contribution in [0.25, 0.3) is 0 Å². The third-order valence-electron chi connectivity index (χ3n) is 3.44. The minimum atomic E-state index is -1.09. The maximum atomic E-state index is 11.4. The van der Waals surface area contributed by atoms with Crippen LogP contribution in [-0.4, -0.2) is 21.8 Å². The number of hydrogen-bond donors (Lipinski definition) is 2. The second-order valence-corrected chi connectivity index (χ2v) is 5.55. The standard InChI is InChI=1S/C13H15BrO3/c14-10-5-3-4-9(8-10)11(12(15)16)13(17)6-1-2-7-13/h3-5,8,11,17H,1-2,6-7H2,(H,15,16)/t11-/m0/s1. The summed E-state index contributed by atoms with van der Waals surface area (Å²) in [7, 11) is 0. The molecule has 1 fully saturated rings. The number of carboxylic acid groups (broad SMARTS) is 1. The Hall–Kier alpha value is -0.870. The SMILES string of the molecule is O=C(O)[C@H](c1cccc(Br)c1)C1(O)CCCC1. The topological polar surface area (TPSA) is 57.5 Å². The van der Waals surface area contributed by atoms with E-state index in [1.807, 2.05) is 6.07 Å². The molecule has 0 unspecified atom stereocenters. The Kier molecular flexibility index (Phi) is 3.54. The first-order valence-corrected chi connectivity index (χ1v) is 6.53. The second kappa shape index (κ2) is 4.78. The van der Waals surface area contributed by atoms with Crippen LogP contribution in [-0.2, 0) is 4.79 Å². The van der Waals surface area contributed by atoms with E-state index in [0.717, 1.165) is 17.3 Å². The van der Waals surface area contributed by atoms with Crippen LogP contribution >= 0.6 is 15.9 Å². The number of rotatable bonds is 3. The molecule has 2 rings (SSSR count). The van der Waals surface area contributed by atoms with Gasteiger partial charge in [-0.15, -0.1) is 0 Å². The summed E-state index contributed by atoms with van der Waals surface area (Å²) in [5.41, 5.74) is -0.427. The Labute approximate surface area is 109 Å². The predicted molar refractivity (Wildman–Crippen MR) is 67.9 cm³/mol. The van der Waals surface area contributed by atoms with Crippen molar-refractivity contribution in [1.82, 2.24) is 0 Å². The van der Waals surface area contributed by atoms with Crippen LogP contribution < -0.4 is 0 Å². The van der Waals surface area contributed by atoms with Crippen molar-refractivity contribution in [2.75, 3.05) is 0 Å². The summed E-state index contributed by atoms with van der Waals surface area (Å²) in [5.74, 6) is -1.78. The lowest BCUT2D eigenvalue weighted by Crippen LogP contribution is -2.38. The normalized spacial score (nSPS) is 20.1. The summed E-state index contributed by atoms with van der Waals surface area (Å²) >= 11 is 3.33. The maximum absolute atomic E-state index is 11.4. The molecule has 1 aromatic rings. The minimum Gasteiger partial charge on any atom is -0.481 e. The summed E-state index contributed by atoms with van der Waals surface area (Å²) in [6.07, 6.45) is 2.93. The van der Waals surface area contributed by atoms with E-state index in [0.29, 0.717) is 18.4 Å². The van der Waals surface area contributed by atoms with E-state index >= 15 is 0 Å². The highest BCUT2D eigenvalue weighted by atomic mass is 79.9. The van der Waals surface area contributed by atoms with Crippen LogP contribution in [0.5, 0.6) is 0 Å². The van der Waals surface area contributed by atoms with Crippen LogP contribution in [0.15, 0.2) is 28.7 Å². The lowest BCUT2D eigenvalue weighted by atomic mass is 9.81. The number of benzene rings is 1. The number of halogens is 1. The number of carboxylic acids is 1. The van der Waals surface area contributed by atoms with Crippen molar-refractivity contribution in [3.05, 3.63) is 34.3 Å². The highest BCUT2D eigenvalue weighted by Crippen LogP contribution is 2.41. The van der Waals surface area contributed by atoms with Crippen molar-refractivity contribution in [2.45, 2.75) is 37.2 Å². The first kappa shape index (κ1) is 12.6. The van der Waals surface area contributed by atoms with E-state index in [2.05, 4.69) is 15.9 Å². The van der Waals surface area contributed by atoms with Gasteiger partial charge in [0.1, 0.15) is 5.92 Å². The van der Waals surface area contributed by atoms with Gasteiger partial charge in [0.2, 0.25) is 0 Å². The number of aliphatic hydroxyl groups is 1. The monoisotopic (exact) mass is 298 g/mol. The van der Waals surface area contributed by atoms with Crippen molar-refractivity contribution >= 4 is 21.9 Å². The zero-order chi connectivity index (χ0) is 12.5. The highest BCUT2D eigenvalue weighted by Gasteiger charge is 2.44. The summed E-state index contributed by atoms with van der Waals surface area (Å²) in [5, 5.41) is 19.8.